The first-order valence-electron chi connectivity index (χ1n) is 9.51. The van der Waals surface area contributed by atoms with E-state index in [-0.39, 0.29) is 0 Å². The second kappa shape index (κ2) is 6.04. The summed E-state index contributed by atoms with van der Waals surface area (Å²) in [5.74, 6) is 0.812. The van der Waals surface area contributed by atoms with E-state index in [1.807, 2.05) is 73.7 Å². The van der Waals surface area contributed by atoms with Crippen LogP contribution in [0.3, 0.4) is 0 Å². The second-order valence-corrected chi connectivity index (χ2v) is 7.16. The van der Waals surface area contributed by atoms with Gasteiger partial charge in [0.2, 0.25) is 11.4 Å². The van der Waals surface area contributed by atoms with Gasteiger partial charge in [-0.25, -0.2) is 9.97 Å². The fraction of sp³-hybridized carbons (Fsp3) is 0.0400. The second-order valence-electron chi connectivity index (χ2n) is 7.16. The largest absolute Gasteiger partial charge is 0.438 e. The molecule has 0 fully saturated rings. The standard InChI is InChI=1S/C25H16N2O2/c1-15-10-12-19-18-8-5-9-20(23(18)29-25(19)26-15)21-13-11-17-14-22(28-24(17)27-21)16-6-3-2-4-7-16/h2-14H,1H3. The molecular formula is C25H16N2O2. The van der Waals surface area contributed by atoms with Gasteiger partial charge >= 0.3 is 0 Å². The normalized spacial score (nSPS) is 11.6. The molecule has 0 atom stereocenters. The van der Waals surface area contributed by atoms with Crippen molar-refractivity contribution in [2.75, 3.05) is 0 Å². The molecule has 4 heteroatoms. The maximum absolute atomic E-state index is 6.12. The Morgan fingerprint density at radius 3 is 2.48 bits per heavy atom. The van der Waals surface area contributed by atoms with Gasteiger partial charge in [0.15, 0.2) is 0 Å². The van der Waals surface area contributed by atoms with Crippen LogP contribution in [0.15, 0.2) is 87.7 Å². The van der Waals surface area contributed by atoms with Gasteiger partial charge in [-0.2, -0.15) is 0 Å². The molecule has 2 aromatic carbocycles. The molecule has 4 aromatic heterocycles. The lowest BCUT2D eigenvalue weighted by Crippen LogP contribution is -1.83. The van der Waals surface area contributed by atoms with Crippen LogP contribution in [0, 0.1) is 6.92 Å². The number of aryl methyl sites for hydroxylation is 1. The predicted octanol–water partition coefficient (Wildman–Crippen LogP) is 6.76. The summed E-state index contributed by atoms with van der Waals surface area (Å²) in [4.78, 5) is 9.31. The van der Waals surface area contributed by atoms with Crippen molar-refractivity contribution >= 4 is 33.2 Å². The highest BCUT2D eigenvalue weighted by molar-refractivity contribution is 6.08. The molecule has 6 rings (SSSR count). The Hall–Kier alpha value is -3.92. The number of rotatable bonds is 2. The van der Waals surface area contributed by atoms with Gasteiger partial charge in [0.05, 0.1) is 5.69 Å². The number of fused-ring (bicyclic) bond motifs is 4. The first-order chi connectivity index (χ1) is 14.3. The molecule has 29 heavy (non-hydrogen) atoms. The molecule has 0 unspecified atom stereocenters. The third-order valence-electron chi connectivity index (χ3n) is 5.22. The summed E-state index contributed by atoms with van der Waals surface area (Å²) < 4.78 is 12.2. The van der Waals surface area contributed by atoms with Crippen LogP contribution < -0.4 is 0 Å². The van der Waals surface area contributed by atoms with E-state index in [1.54, 1.807) is 0 Å². The summed E-state index contributed by atoms with van der Waals surface area (Å²) in [7, 11) is 0. The summed E-state index contributed by atoms with van der Waals surface area (Å²) in [6.07, 6.45) is 0. The maximum Gasteiger partial charge on any atom is 0.227 e. The highest BCUT2D eigenvalue weighted by atomic mass is 16.3. The van der Waals surface area contributed by atoms with Crippen LogP contribution >= 0.6 is 0 Å². The Balaban J connectivity index is 1.54. The van der Waals surface area contributed by atoms with Crippen LogP contribution in [-0.2, 0) is 0 Å². The topological polar surface area (TPSA) is 52.1 Å². The number of hydrogen-bond acceptors (Lipinski definition) is 4. The lowest BCUT2D eigenvalue weighted by Gasteiger charge is -2.01. The average Bonchev–Trinajstić information content (AvgIpc) is 3.34. The van der Waals surface area contributed by atoms with Crippen molar-refractivity contribution in [2.45, 2.75) is 6.92 Å². The zero-order valence-corrected chi connectivity index (χ0v) is 15.7. The van der Waals surface area contributed by atoms with E-state index < -0.39 is 0 Å². The van der Waals surface area contributed by atoms with Crippen molar-refractivity contribution in [2.24, 2.45) is 0 Å². The van der Waals surface area contributed by atoms with E-state index in [1.165, 1.54) is 0 Å². The van der Waals surface area contributed by atoms with Crippen molar-refractivity contribution in [1.29, 1.82) is 0 Å². The first kappa shape index (κ1) is 16.1. The molecule has 138 valence electrons. The molecule has 0 radical (unpaired) electrons. The molecule has 0 spiro atoms. The molecule has 6 aromatic rings. The Morgan fingerprint density at radius 1 is 0.690 bits per heavy atom. The van der Waals surface area contributed by atoms with E-state index in [0.29, 0.717) is 11.4 Å². The number of pyridine rings is 2. The average molecular weight is 376 g/mol. The van der Waals surface area contributed by atoms with E-state index in [0.717, 1.165) is 50.0 Å². The number of aromatic nitrogens is 2. The van der Waals surface area contributed by atoms with E-state index in [4.69, 9.17) is 13.8 Å². The Bertz CT molecular complexity index is 1510. The molecule has 0 saturated heterocycles. The fourth-order valence-corrected chi connectivity index (χ4v) is 3.79. The van der Waals surface area contributed by atoms with Gasteiger partial charge in [-0.3, -0.25) is 0 Å². The van der Waals surface area contributed by atoms with Gasteiger partial charge in [0, 0.05) is 33.0 Å². The zero-order valence-electron chi connectivity index (χ0n) is 15.7. The maximum atomic E-state index is 6.12. The van der Waals surface area contributed by atoms with E-state index >= 15 is 0 Å². The van der Waals surface area contributed by atoms with Crippen molar-refractivity contribution in [3.05, 3.63) is 84.6 Å². The van der Waals surface area contributed by atoms with Crippen molar-refractivity contribution in [3.8, 4) is 22.6 Å². The van der Waals surface area contributed by atoms with Gasteiger partial charge in [-0.05, 0) is 43.3 Å². The van der Waals surface area contributed by atoms with Gasteiger partial charge < -0.3 is 8.83 Å². The highest BCUT2D eigenvalue weighted by Crippen LogP contribution is 2.36. The summed E-state index contributed by atoms with van der Waals surface area (Å²) in [5.41, 5.74) is 5.77. The van der Waals surface area contributed by atoms with Gasteiger partial charge in [-0.15, -0.1) is 0 Å². The van der Waals surface area contributed by atoms with Crippen molar-refractivity contribution < 1.29 is 8.83 Å². The smallest absolute Gasteiger partial charge is 0.227 e. The van der Waals surface area contributed by atoms with Crippen LogP contribution in [0.4, 0.5) is 0 Å². The van der Waals surface area contributed by atoms with Crippen molar-refractivity contribution in [3.63, 3.8) is 0 Å². The lowest BCUT2D eigenvalue weighted by atomic mass is 10.1. The Labute approximate surface area is 166 Å². The highest BCUT2D eigenvalue weighted by Gasteiger charge is 2.15. The fourth-order valence-electron chi connectivity index (χ4n) is 3.79. The minimum atomic E-state index is 0.614. The molecule has 0 aliphatic rings. The number of para-hydroxylation sites is 1. The molecule has 0 N–H and O–H groups in total. The Kier molecular flexibility index (Phi) is 3.35. The molecule has 0 aliphatic carbocycles. The van der Waals surface area contributed by atoms with E-state index in [9.17, 15) is 0 Å². The Morgan fingerprint density at radius 2 is 1.59 bits per heavy atom. The summed E-state index contributed by atoms with van der Waals surface area (Å²) in [5, 5.41) is 3.02. The van der Waals surface area contributed by atoms with Gasteiger partial charge in [0.25, 0.3) is 0 Å². The van der Waals surface area contributed by atoms with Gasteiger partial charge in [-0.1, -0.05) is 42.5 Å². The van der Waals surface area contributed by atoms with Crippen molar-refractivity contribution in [1.82, 2.24) is 9.97 Å². The quantitative estimate of drug-likeness (QED) is 0.335. The number of furan rings is 2. The number of benzene rings is 2. The van der Waals surface area contributed by atoms with E-state index in [2.05, 4.69) is 17.1 Å². The first-order valence-corrected chi connectivity index (χ1v) is 9.51. The van der Waals surface area contributed by atoms with Crippen LogP contribution in [0.1, 0.15) is 5.69 Å². The van der Waals surface area contributed by atoms with Crippen LogP contribution in [0.25, 0.3) is 55.7 Å². The SMILES string of the molecule is Cc1ccc2c(n1)oc1c(-c3ccc4cc(-c5ccccc5)oc4n3)cccc12. The summed E-state index contributed by atoms with van der Waals surface area (Å²) in [6.45, 7) is 1.96. The summed E-state index contributed by atoms with van der Waals surface area (Å²) in [6, 6.07) is 26.3. The molecule has 0 saturated carbocycles. The monoisotopic (exact) mass is 376 g/mol. The lowest BCUT2D eigenvalue weighted by molar-refractivity contribution is 0.619. The molecule has 4 nitrogen and oxygen atoms in total. The van der Waals surface area contributed by atoms with Crippen LogP contribution in [0.2, 0.25) is 0 Å². The van der Waals surface area contributed by atoms with Gasteiger partial charge in [0.1, 0.15) is 11.3 Å². The minimum Gasteiger partial charge on any atom is -0.438 e. The molecule has 0 amide bonds. The predicted molar refractivity (Wildman–Crippen MR) is 115 cm³/mol. The van der Waals surface area contributed by atoms with Crippen LogP contribution in [0.5, 0.6) is 0 Å². The summed E-state index contributed by atoms with van der Waals surface area (Å²) >= 11 is 0. The zero-order chi connectivity index (χ0) is 19.4. The number of nitrogens with zero attached hydrogens (tertiary/aromatic N) is 2. The molecule has 4 heterocycles. The third-order valence-corrected chi connectivity index (χ3v) is 5.22. The third kappa shape index (κ3) is 2.53. The minimum absolute atomic E-state index is 0.614. The molecule has 0 bridgehead atoms. The molecular weight excluding hydrogens is 360 g/mol. The number of hydrogen-bond donors (Lipinski definition) is 0. The van der Waals surface area contributed by atoms with Crippen LogP contribution in [-0.4, -0.2) is 9.97 Å². The molecule has 0 aliphatic heterocycles.